The summed E-state index contributed by atoms with van der Waals surface area (Å²) < 4.78 is 11.5. The van der Waals surface area contributed by atoms with E-state index in [4.69, 9.17) is 9.15 Å². The molecule has 0 aromatic carbocycles. The van der Waals surface area contributed by atoms with Crippen LogP contribution in [0.3, 0.4) is 0 Å². The number of nitrogens with one attached hydrogen (secondary N) is 1. The van der Waals surface area contributed by atoms with Crippen LogP contribution in [0.2, 0.25) is 0 Å². The largest absolute Gasteiger partial charge is 0.444 e. The van der Waals surface area contributed by atoms with Gasteiger partial charge in [0.15, 0.2) is 0 Å². The maximum Gasteiger partial charge on any atom is 0.208 e. The van der Waals surface area contributed by atoms with Gasteiger partial charge in [0.1, 0.15) is 5.76 Å². The Bertz CT molecular complexity index is 452. The third-order valence-electron chi connectivity index (χ3n) is 4.89. The topological polar surface area (TPSA) is 50.5 Å². The van der Waals surface area contributed by atoms with Crippen molar-refractivity contribution in [2.45, 2.75) is 51.1 Å². The maximum absolute atomic E-state index is 5.92. The number of hydrogen-bond acceptors (Lipinski definition) is 5. The number of nitrogens with zero attached hydrogens (tertiary/aromatic N) is 2. The molecule has 2 aliphatic heterocycles. The smallest absolute Gasteiger partial charge is 0.208 e. The Morgan fingerprint density at radius 2 is 2.10 bits per heavy atom. The zero-order valence-electron chi connectivity index (χ0n) is 13.2. The van der Waals surface area contributed by atoms with Crippen molar-refractivity contribution in [2.24, 2.45) is 0 Å². The summed E-state index contributed by atoms with van der Waals surface area (Å²) in [4.78, 5) is 7.06. The van der Waals surface area contributed by atoms with Gasteiger partial charge in [0.05, 0.1) is 12.7 Å². The van der Waals surface area contributed by atoms with Crippen LogP contribution in [0.4, 0.5) is 0 Å². The Hall–Kier alpha value is -0.910. The minimum atomic E-state index is 0.258. The van der Waals surface area contributed by atoms with Crippen molar-refractivity contribution in [2.75, 3.05) is 32.8 Å². The molecule has 0 radical (unpaired) electrons. The van der Waals surface area contributed by atoms with Crippen molar-refractivity contribution in [1.29, 1.82) is 0 Å². The third-order valence-corrected chi connectivity index (χ3v) is 4.89. The first kappa shape index (κ1) is 15.0. The number of rotatable bonds is 3. The average molecular weight is 293 g/mol. The van der Waals surface area contributed by atoms with E-state index in [1.54, 1.807) is 0 Å². The summed E-state index contributed by atoms with van der Waals surface area (Å²) in [6.07, 6.45) is 5.31. The Morgan fingerprint density at radius 1 is 1.29 bits per heavy atom. The molecule has 1 aromatic heterocycles. The van der Waals surface area contributed by atoms with Gasteiger partial charge in [0.2, 0.25) is 5.89 Å². The molecule has 1 N–H and O–H groups in total. The predicted octanol–water partition coefficient (Wildman–Crippen LogP) is 2.14. The molecule has 0 aliphatic carbocycles. The fraction of sp³-hybridized carbons (Fsp3) is 0.812. The SMILES string of the molecule is CC(C)c1cnc(CN2CCNCCC23CCOCC3)o1. The summed E-state index contributed by atoms with van der Waals surface area (Å²) in [6, 6.07) is 0. The normalized spacial score (nSPS) is 23.6. The van der Waals surface area contributed by atoms with Crippen LogP contribution in [0.5, 0.6) is 0 Å². The van der Waals surface area contributed by atoms with Gasteiger partial charge in [0.25, 0.3) is 0 Å². The van der Waals surface area contributed by atoms with Crippen molar-refractivity contribution in [3.8, 4) is 0 Å². The molecule has 3 rings (SSSR count). The van der Waals surface area contributed by atoms with Crippen molar-refractivity contribution in [3.05, 3.63) is 17.8 Å². The molecule has 2 fully saturated rings. The van der Waals surface area contributed by atoms with E-state index in [-0.39, 0.29) is 5.54 Å². The van der Waals surface area contributed by atoms with E-state index in [1.807, 2.05) is 6.20 Å². The van der Waals surface area contributed by atoms with E-state index in [0.29, 0.717) is 5.92 Å². The molecule has 2 aliphatic rings. The van der Waals surface area contributed by atoms with Gasteiger partial charge in [-0.3, -0.25) is 4.90 Å². The fourth-order valence-electron chi connectivity index (χ4n) is 3.45. The van der Waals surface area contributed by atoms with Gasteiger partial charge >= 0.3 is 0 Å². The van der Waals surface area contributed by atoms with Crippen LogP contribution < -0.4 is 5.32 Å². The van der Waals surface area contributed by atoms with E-state index in [0.717, 1.165) is 63.9 Å². The lowest BCUT2D eigenvalue weighted by atomic mass is 9.85. The second-order valence-corrected chi connectivity index (χ2v) is 6.57. The molecule has 0 unspecified atom stereocenters. The van der Waals surface area contributed by atoms with Crippen molar-refractivity contribution in [3.63, 3.8) is 0 Å². The number of aromatic nitrogens is 1. The highest BCUT2D eigenvalue weighted by molar-refractivity contribution is 5.01. The molecule has 1 aromatic rings. The Balaban J connectivity index is 1.75. The average Bonchev–Trinajstić information content (AvgIpc) is 2.88. The van der Waals surface area contributed by atoms with Crippen LogP contribution in [-0.4, -0.2) is 48.3 Å². The number of hydrogen-bond donors (Lipinski definition) is 1. The lowest BCUT2D eigenvalue weighted by molar-refractivity contribution is -0.0338. The van der Waals surface area contributed by atoms with Gasteiger partial charge < -0.3 is 14.5 Å². The number of ether oxygens (including phenoxy) is 1. The summed E-state index contributed by atoms with van der Waals surface area (Å²) in [5.74, 6) is 2.24. The quantitative estimate of drug-likeness (QED) is 0.925. The Morgan fingerprint density at radius 3 is 2.81 bits per heavy atom. The molecule has 118 valence electrons. The van der Waals surface area contributed by atoms with Crippen molar-refractivity contribution >= 4 is 0 Å². The second kappa shape index (κ2) is 6.46. The summed E-state index contributed by atoms with van der Waals surface area (Å²) in [7, 11) is 0. The molecule has 5 heteroatoms. The zero-order valence-corrected chi connectivity index (χ0v) is 13.2. The van der Waals surface area contributed by atoms with Crippen LogP contribution in [0, 0.1) is 0 Å². The van der Waals surface area contributed by atoms with E-state index >= 15 is 0 Å². The lowest BCUT2D eigenvalue weighted by Gasteiger charge is -2.44. The monoisotopic (exact) mass is 293 g/mol. The highest BCUT2D eigenvalue weighted by atomic mass is 16.5. The van der Waals surface area contributed by atoms with Crippen LogP contribution in [-0.2, 0) is 11.3 Å². The first-order valence-corrected chi connectivity index (χ1v) is 8.18. The van der Waals surface area contributed by atoms with Crippen LogP contribution in [0.25, 0.3) is 0 Å². The van der Waals surface area contributed by atoms with Crippen molar-refractivity contribution in [1.82, 2.24) is 15.2 Å². The molecular formula is C16H27N3O2. The molecule has 0 saturated carbocycles. The van der Waals surface area contributed by atoms with Crippen molar-refractivity contribution < 1.29 is 9.15 Å². The third kappa shape index (κ3) is 3.30. The first-order valence-electron chi connectivity index (χ1n) is 8.18. The maximum atomic E-state index is 5.92. The van der Waals surface area contributed by atoms with Crippen LogP contribution in [0.15, 0.2) is 10.6 Å². The number of oxazole rings is 1. The van der Waals surface area contributed by atoms with E-state index in [1.165, 1.54) is 6.42 Å². The predicted molar refractivity (Wildman–Crippen MR) is 81.3 cm³/mol. The molecule has 3 heterocycles. The summed E-state index contributed by atoms with van der Waals surface area (Å²) in [6.45, 7) is 10.0. The Kier molecular flexibility index (Phi) is 4.62. The molecule has 5 nitrogen and oxygen atoms in total. The van der Waals surface area contributed by atoms with Gasteiger partial charge in [-0.2, -0.15) is 0 Å². The second-order valence-electron chi connectivity index (χ2n) is 6.57. The standard InChI is InChI=1S/C16H27N3O2/c1-13(2)14-11-18-15(21-14)12-19-8-7-17-6-3-16(19)4-9-20-10-5-16/h11,13,17H,3-10,12H2,1-2H3. The molecule has 0 amide bonds. The Labute approximate surface area is 127 Å². The minimum Gasteiger partial charge on any atom is -0.444 e. The summed E-state index contributed by atoms with van der Waals surface area (Å²) in [5.41, 5.74) is 0.258. The van der Waals surface area contributed by atoms with Crippen LogP contribution in [0.1, 0.15) is 50.7 Å². The first-order chi connectivity index (χ1) is 10.2. The molecule has 21 heavy (non-hydrogen) atoms. The molecule has 0 bridgehead atoms. The van der Waals surface area contributed by atoms with Gasteiger partial charge in [-0.05, 0) is 25.8 Å². The summed E-state index contributed by atoms with van der Waals surface area (Å²) in [5, 5.41) is 3.52. The van der Waals surface area contributed by atoms with E-state index in [9.17, 15) is 0 Å². The van der Waals surface area contributed by atoms with Gasteiger partial charge in [-0.25, -0.2) is 4.98 Å². The molecule has 1 spiro atoms. The summed E-state index contributed by atoms with van der Waals surface area (Å²) >= 11 is 0. The zero-order chi connectivity index (χ0) is 14.7. The molecule has 0 atom stereocenters. The lowest BCUT2D eigenvalue weighted by Crippen LogP contribution is -2.52. The van der Waals surface area contributed by atoms with Gasteiger partial charge in [-0.15, -0.1) is 0 Å². The minimum absolute atomic E-state index is 0.258. The molecular weight excluding hydrogens is 266 g/mol. The highest BCUT2D eigenvalue weighted by Crippen LogP contribution is 2.33. The highest BCUT2D eigenvalue weighted by Gasteiger charge is 2.39. The fourth-order valence-corrected chi connectivity index (χ4v) is 3.45. The van der Waals surface area contributed by atoms with E-state index in [2.05, 4.69) is 29.0 Å². The van der Waals surface area contributed by atoms with E-state index < -0.39 is 0 Å². The van der Waals surface area contributed by atoms with Gasteiger partial charge in [0, 0.05) is 37.8 Å². The van der Waals surface area contributed by atoms with Crippen LogP contribution >= 0.6 is 0 Å². The van der Waals surface area contributed by atoms with Gasteiger partial charge in [-0.1, -0.05) is 13.8 Å². The molecule has 2 saturated heterocycles.